The number of benzene rings is 1. The summed E-state index contributed by atoms with van der Waals surface area (Å²) < 4.78 is 2.03. The molecule has 1 heterocycles. The standard InChI is InChI=1S/C13H16ClN3O/c1-16-13(18)4-5-17-8-9(7-15)11-3-2-10(14)6-12(11)17/h2-3,6,8H,4-5,7,15H2,1H3,(H,16,18). The summed E-state index contributed by atoms with van der Waals surface area (Å²) in [7, 11) is 1.64. The molecule has 0 saturated heterocycles. The Morgan fingerprint density at radius 3 is 2.94 bits per heavy atom. The Morgan fingerprint density at radius 2 is 2.28 bits per heavy atom. The van der Waals surface area contributed by atoms with Crippen LogP contribution in [0.15, 0.2) is 24.4 Å². The van der Waals surface area contributed by atoms with Crippen LogP contribution in [0.3, 0.4) is 0 Å². The van der Waals surface area contributed by atoms with E-state index in [1.54, 1.807) is 7.05 Å². The van der Waals surface area contributed by atoms with Crippen LogP contribution in [0.25, 0.3) is 10.9 Å². The topological polar surface area (TPSA) is 60.0 Å². The third kappa shape index (κ3) is 2.49. The Bertz CT molecular complexity index is 577. The number of nitrogens with two attached hydrogens (primary N) is 1. The lowest BCUT2D eigenvalue weighted by molar-refractivity contribution is -0.120. The molecule has 3 N–H and O–H groups in total. The second-order valence-electron chi connectivity index (χ2n) is 4.14. The zero-order chi connectivity index (χ0) is 13.1. The zero-order valence-corrected chi connectivity index (χ0v) is 11.0. The van der Waals surface area contributed by atoms with E-state index in [0.717, 1.165) is 16.5 Å². The molecule has 4 nitrogen and oxygen atoms in total. The fraction of sp³-hybridized carbons (Fsp3) is 0.308. The third-order valence-electron chi connectivity index (χ3n) is 3.01. The normalized spacial score (nSPS) is 10.8. The summed E-state index contributed by atoms with van der Waals surface area (Å²) in [6, 6.07) is 5.72. The van der Waals surface area contributed by atoms with Crippen LogP contribution in [-0.4, -0.2) is 17.5 Å². The van der Waals surface area contributed by atoms with E-state index in [4.69, 9.17) is 17.3 Å². The van der Waals surface area contributed by atoms with Gasteiger partial charge in [0.05, 0.1) is 0 Å². The van der Waals surface area contributed by atoms with Crippen molar-refractivity contribution in [1.29, 1.82) is 0 Å². The van der Waals surface area contributed by atoms with Crippen molar-refractivity contribution in [2.75, 3.05) is 7.05 Å². The Hall–Kier alpha value is -1.52. The Kier molecular flexibility index (Phi) is 3.89. The van der Waals surface area contributed by atoms with E-state index in [0.29, 0.717) is 24.5 Å². The number of carbonyl (C=O) groups excluding carboxylic acids is 1. The number of nitrogens with zero attached hydrogens (tertiary/aromatic N) is 1. The summed E-state index contributed by atoms with van der Waals surface area (Å²) in [4.78, 5) is 11.3. The van der Waals surface area contributed by atoms with Gasteiger partial charge in [0.25, 0.3) is 0 Å². The van der Waals surface area contributed by atoms with Crippen LogP contribution < -0.4 is 11.1 Å². The number of hydrogen-bond acceptors (Lipinski definition) is 2. The van der Waals surface area contributed by atoms with Crippen LogP contribution in [-0.2, 0) is 17.9 Å². The minimum Gasteiger partial charge on any atom is -0.359 e. The molecule has 0 aliphatic carbocycles. The average Bonchev–Trinajstić information content (AvgIpc) is 2.73. The molecule has 18 heavy (non-hydrogen) atoms. The minimum atomic E-state index is 0.0215. The molecular formula is C13H16ClN3O. The van der Waals surface area contributed by atoms with Crippen LogP contribution >= 0.6 is 11.6 Å². The summed E-state index contributed by atoms with van der Waals surface area (Å²) in [5.74, 6) is 0.0215. The molecule has 0 aliphatic heterocycles. The maximum Gasteiger partial charge on any atom is 0.221 e. The van der Waals surface area contributed by atoms with E-state index >= 15 is 0 Å². The smallest absolute Gasteiger partial charge is 0.221 e. The van der Waals surface area contributed by atoms with E-state index in [2.05, 4.69) is 5.32 Å². The molecule has 0 atom stereocenters. The van der Waals surface area contributed by atoms with E-state index in [9.17, 15) is 4.79 Å². The number of nitrogens with one attached hydrogen (secondary N) is 1. The van der Waals surface area contributed by atoms with Gasteiger partial charge >= 0.3 is 0 Å². The molecule has 0 radical (unpaired) electrons. The molecule has 2 rings (SSSR count). The van der Waals surface area contributed by atoms with Crippen molar-refractivity contribution < 1.29 is 4.79 Å². The first kappa shape index (κ1) is 12.9. The fourth-order valence-electron chi connectivity index (χ4n) is 2.04. The van der Waals surface area contributed by atoms with Gasteiger partial charge in [0.15, 0.2) is 0 Å². The van der Waals surface area contributed by atoms with Crippen molar-refractivity contribution in [3.8, 4) is 0 Å². The van der Waals surface area contributed by atoms with Crippen molar-refractivity contribution in [2.24, 2.45) is 5.73 Å². The first-order valence-corrected chi connectivity index (χ1v) is 6.21. The van der Waals surface area contributed by atoms with Gasteiger partial charge in [0, 0.05) is 48.7 Å². The van der Waals surface area contributed by atoms with Crippen LogP contribution in [0.1, 0.15) is 12.0 Å². The van der Waals surface area contributed by atoms with Gasteiger partial charge < -0.3 is 15.6 Å². The molecule has 0 saturated carbocycles. The first-order valence-electron chi connectivity index (χ1n) is 5.83. The molecule has 96 valence electrons. The predicted octanol–water partition coefficient (Wildman–Crippen LogP) is 1.89. The maximum atomic E-state index is 11.3. The van der Waals surface area contributed by atoms with Gasteiger partial charge in [0.2, 0.25) is 5.91 Å². The Labute approximate surface area is 111 Å². The van der Waals surface area contributed by atoms with E-state index in [-0.39, 0.29) is 5.91 Å². The monoisotopic (exact) mass is 265 g/mol. The Balaban J connectivity index is 2.37. The highest BCUT2D eigenvalue weighted by Gasteiger charge is 2.09. The maximum absolute atomic E-state index is 11.3. The average molecular weight is 266 g/mol. The van der Waals surface area contributed by atoms with Crippen molar-refractivity contribution in [3.63, 3.8) is 0 Å². The molecular weight excluding hydrogens is 250 g/mol. The minimum absolute atomic E-state index is 0.0215. The number of rotatable bonds is 4. The van der Waals surface area contributed by atoms with Crippen LogP contribution in [0.5, 0.6) is 0 Å². The fourth-order valence-corrected chi connectivity index (χ4v) is 2.20. The molecule has 1 amide bonds. The number of hydrogen-bond donors (Lipinski definition) is 2. The van der Waals surface area contributed by atoms with Crippen molar-refractivity contribution >= 4 is 28.4 Å². The van der Waals surface area contributed by atoms with Gasteiger partial charge in [-0.05, 0) is 17.7 Å². The van der Waals surface area contributed by atoms with Gasteiger partial charge in [-0.25, -0.2) is 0 Å². The summed E-state index contributed by atoms with van der Waals surface area (Å²) in [6.07, 6.45) is 2.43. The quantitative estimate of drug-likeness (QED) is 0.887. The number of aromatic nitrogens is 1. The molecule has 5 heteroatoms. The molecule has 0 bridgehead atoms. The lowest BCUT2D eigenvalue weighted by atomic mass is 10.2. The lowest BCUT2D eigenvalue weighted by Gasteiger charge is -2.04. The van der Waals surface area contributed by atoms with E-state index < -0.39 is 0 Å². The number of amides is 1. The molecule has 0 fully saturated rings. The summed E-state index contributed by atoms with van der Waals surface area (Å²) in [5, 5.41) is 4.39. The van der Waals surface area contributed by atoms with Gasteiger partial charge in [-0.3, -0.25) is 4.79 Å². The second kappa shape index (κ2) is 5.42. The molecule has 0 spiro atoms. The van der Waals surface area contributed by atoms with Crippen LogP contribution in [0.2, 0.25) is 5.02 Å². The van der Waals surface area contributed by atoms with Crippen LogP contribution in [0, 0.1) is 0 Å². The number of halogens is 1. The zero-order valence-electron chi connectivity index (χ0n) is 10.2. The van der Waals surface area contributed by atoms with Crippen molar-refractivity contribution in [3.05, 3.63) is 35.0 Å². The Morgan fingerprint density at radius 1 is 1.50 bits per heavy atom. The number of carbonyl (C=O) groups is 1. The SMILES string of the molecule is CNC(=O)CCn1cc(CN)c2ccc(Cl)cc21. The predicted molar refractivity (Wildman–Crippen MR) is 73.5 cm³/mol. The largest absolute Gasteiger partial charge is 0.359 e. The third-order valence-corrected chi connectivity index (χ3v) is 3.24. The molecule has 0 aliphatic rings. The number of aryl methyl sites for hydroxylation is 1. The molecule has 0 unspecified atom stereocenters. The summed E-state index contributed by atoms with van der Waals surface area (Å²) in [5.41, 5.74) is 7.81. The summed E-state index contributed by atoms with van der Waals surface area (Å²) >= 11 is 6.01. The lowest BCUT2D eigenvalue weighted by Crippen LogP contribution is -2.19. The van der Waals surface area contributed by atoms with Gasteiger partial charge in [-0.2, -0.15) is 0 Å². The molecule has 1 aromatic heterocycles. The second-order valence-corrected chi connectivity index (χ2v) is 4.57. The van der Waals surface area contributed by atoms with E-state index in [1.165, 1.54) is 0 Å². The molecule has 1 aromatic carbocycles. The van der Waals surface area contributed by atoms with Gasteiger partial charge in [-0.1, -0.05) is 17.7 Å². The van der Waals surface area contributed by atoms with Crippen molar-refractivity contribution in [1.82, 2.24) is 9.88 Å². The number of fused-ring (bicyclic) bond motifs is 1. The highest BCUT2D eigenvalue weighted by atomic mass is 35.5. The van der Waals surface area contributed by atoms with Crippen LogP contribution in [0.4, 0.5) is 0 Å². The molecule has 2 aromatic rings. The summed E-state index contributed by atoms with van der Waals surface area (Å²) in [6.45, 7) is 1.10. The van der Waals surface area contributed by atoms with Crippen molar-refractivity contribution in [2.45, 2.75) is 19.5 Å². The van der Waals surface area contributed by atoms with Gasteiger partial charge in [-0.15, -0.1) is 0 Å². The first-order chi connectivity index (χ1) is 8.65. The highest BCUT2D eigenvalue weighted by molar-refractivity contribution is 6.31. The highest BCUT2D eigenvalue weighted by Crippen LogP contribution is 2.24. The van der Waals surface area contributed by atoms with Gasteiger partial charge in [0.1, 0.15) is 0 Å². The van der Waals surface area contributed by atoms with E-state index in [1.807, 2.05) is 29.0 Å².